The molecule has 0 unspecified atom stereocenters. The molecule has 0 spiro atoms. The van der Waals surface area contributed by atoms with Gasteiger partial charge in [-0.2, -0.15) is 0 Å². The second kappa shape index (κ2) is 4.63. The number of carbonyl (C=O) groups is 2. The summed E-state index contributed by atoms with van der Waals surface area (Å²) in [5.41, 5.74) is 7.79. The highest BCUT2D eigenvalue weighted by molar-refractivity contribution is 5.95. The second-order valence-electron chi connectivity index (χ2n) is 3.35. The Morgan fingerprint density at radius 3 is 2.67 bits per heavy atom. The fourth-order valence-corrected chi connectivity index (χ4v) is 1.31. The third kappa shape index (κ3) is 2.83. The molecular formula is C10H14N3O2. The van der Waals surface area contributed by atoms with Gasteiger partial charge in [0.25, 0.3) is 5.91 Å². The first kappa shape index (κ1) is 11.3. The number of aryl methyl sites for hydroxylation is 1. The highest BCUT2D eigenvalue weighted by Gasteiger charge is 2.10. The van der Waals surface area contributed by atoms with Crippen molar-refractivity contribution < 1.29 is 9.59 Å². The van der Waals surface area contributed by atoms with E-state index in [0.717, 1.165) is 6.42 Å². The average molecular weight is 208 g/mol. The molecule has 0 aromatic carbocycles. The number of amides is 2. The van der Waals surface area contributed by atoms with Crippen LogP contribution in [0.25, 0.3) is 0 Å². The first-order valence-electron chi connectivity index (χ1n) is 4.76. The summed E-state index contributed by atoms with van der Waals surface area (Å²) < 4.78 is 1.52. The molecule has 0 saturated carbocycles. The molecule has 5 nitrogen and oxygen atoms in total. The Morgan fingerprint density at radius 2 is 2.20 bits per heavy atom. The minimum Gasteiger partial charge on any atom is -0.344 e. The van der Waals surface area contributed by atoms with Gasteiger partial charge in [-0.05, 0) is 12.5 Å². The van der Waals surface area contributed by atoms with Gasteiger partial charge in [0.2, 0.25) is 5.91 Å². The van der Waals surface area contributed by atoms with Crippen LogP contribution in [-0.2, 0) is 11.8 Å². The SMILES string of the molecule is CCCC(=O)Nc1cc(C([NH])=O)n(C)c1. The van der Waals surface area contributed by atoms with Crippen LogP contribution in [-0.4, -0.2) is 16.4 Å². The van der Waals surface area contributed by atoms with Gasteiger partial charge in [-0.1, -0.05) is 6.92 Å². The van der Waals surface area contributed by atoms with Crippen molar-refractivity contribution in [2.45, 2.75) is 19.8 Å². The minimum atomic E-state index is -0.756. The number of anilines is 1. The number of aromatic nitrogens is 1. The van der Waals surface area contributed by atoms with Gasteiger partial charge in [0.15, 0.2) is 0 Å². The number of nitrogens with zero attached hydrogens (tertiary/aromatic N) is 1. The highest BCUT2D eigenvalue weighted by Crippen LogP contribution is 2.12. The molecule has 1 aromatic heterocycles. The molecule has 5 heteroatoms. The summed E-state index contributed by atoms with van der Waals surface area (Å²) >= 11 is 0. The van der Waals surface area contributed by atoms with Crippen LogP contribution in [0.5, 0.6) is 0 Å². The molecule has 0 bridgehead atoms. The van der Waals surface area contributed by atoms with Gasteiger partial charge < -0.3 is 9.88 Å². The van der Waals surface area contributed by atoms with Crippen LogP contribution in [0.1, 0.15) is 30.3 Å². The predicted molar refractivity (Wildman–Crippen MR) is 56.4 cm³/mol. The molecule has 0 aliphatic heterocycles. The van der Waals surface area contributed by atoms with Gasteiger partial charge in [-0.25, -0.2) is 0 Å². The zero-order valence-electron chi connectivity index (χ0n) is 8.83. The molecule has 0 saturated heterocycles. The largest absolute Gasteiger partial charge is 0.344 e. The molecule has 81 valence electrons. The molecular weight excluding hydrogens is 194 g/mol. The number of hydrogen-bond donors (Lipinski definition) is 1. The fraction of sp³-hybridized carbons (Fsp3) is 0.400. The van der Waals surface area contributed by atoms with Crippen molar-refractivity contribution in [3.8, 4) is 0 Å². The van der Waals surface area contributed by atoms with Crippen molar-refractivity contribution in [2.24, 2.45) is 7.05 Å². The summed E-state index contributed by atoms with van der Waals surface area (Å²) in [6, 6.07) is 1.50. The maximum Gasteiger partial charge on any atom is 0.286 e. The predicted octanol–water partition coefficient (Wildman–Crippen LogP) is 1.19. The van der Waals surface area contributed by atoms with Gasteiger partial charge in [-0.3, -0.25) is 15.3 Å². The lowest BCUT2D eigenvalue weighted by atomic mass is 10.3. The smallest absolute Gasteiger partial charge is 0.286 e. The van der Waals surface area contributed by atoms with Crippen molar-refractivity contribution in [1.82, 2.24) is 10.3 Å². The lowest BCUT2D eigenvalue weighted by Crippen LogP contribution is -2.09. The van der Waals surface area contributed by atoms with Crippen LogP contribution in [0.4, 0.5) is 5.69 Å². The summed E-state index contributed by atoms with van der Waals surface area (Å²) in [6.45, 7) is 1.92. The van der Waals surface area contributed by atoms with Crippen LogP contribution in [0.15, 0.2) is 12.3 Å². The molecule has 0 atom stereocenters. The molecule has 2 N–H and O–H groups in total. The Hall–Kier alpha value is -1.78. The standard InChI is InChI=1S/C10H14N3O2/c1-3-4-9(14)12-7-5-8(10(11)15)13(2)6-7/h5-6,11H,3-4H2,1-2H3,(H,12,14). The molecule has 1 radical (unpaired) electrons. The van der Waals surface area contributed by atoms with E-state index in [1.54, 1.807) is 13.2 Å². The molecule has 15 heavy (non-hydrogen) atoms. The fourth-order valence-electron chi connectivity index (χ4n) is 1.31. The summed E-state index contributed by atoms with van der Waals surface area (Å²) in [4.78, 5) is 22.1. The molecule has 1 rings (SSSR count). The van der Waals surface area contributed by atoms with E-state index in [4.69, 9.17) is 5.73 Å². The second-order valence-corrected chi connectivity index (χ2v) is 3.35. The Morgan fingerprint density at radius 1 is 1.53 bits per heavy atom. The lowest BCUT2D eigenvalue weighted by Gasteiger charge is -1.99. The van der Waals surface area contributed by atoms with Crippen LogP contribution >= 0.6 is 0 Å². The van der Waals surface area contributed by atoms with E-state index in [0.29, 0.717) is 12.1 Å². The zero-order valence-corrected chi connectivity index (χ0v) is 8.83. The van der Waals surface area contributed by atoms with Gasteiger partial charge in [0.05, 0.1) is 5.69 Å². The number of hydrogen-bond acceptors (Lipinski definition) is 2. The number of nitrogens with one attached hydrogen (secondary N) is 2. The Balaban J connectivity index is 2.75. The first-order valence-corrected chi connectivity index (χ1v) is 4.76. The van der Waals surface area contributed by atoms with E-state index in [1.165, 1.54) is 10.6 Å². The zero-order chi connectivity index (χ0) is 11.4. The van der Waals surface area contributed by atoms with E-state index in [1.807, 2.05) is 6.92 Å². The van der Waals surface area contributed by atoms with E-state index >= 15 is 0 Å². The molecule has 0 fully saturated rings. The van der Waals surface area contributed by atoms with Gasteiger partial charge in [0, 0.05) is 19.7 Å². The van der Waals surface area contributed by atoms with Gasteiger partial charge in [0.1, 0.15) is 5.69 Å². The van der Waals surface area contributed by atoms with Crippen LogP contribution < -0.4 is 11.1 Å². The van der Waals surface area contributed by atoms with E-state index in [9.17, 15) is 9.59 Å². The van der Waals surface area contributed by atoms with Crippen LogP contribution in [0, 0.1) is 0 Å². The van der Waals surface area contributed by atoms with E-state index in [-0.39, 0.29) is 11.6 Å². The van der Waals surface area contributed by atoms with Crippen LogP contribution in [0.3, 0.4) is 0 Å². The van der Waals surface area contributed by atoms with Crippen molar-refractivity contribution in [2.75, 3.05) is 5.32 Å². The topological polar surface area (TPSA) is 74.9 Å². The lowest BCUT2D eigenvalue weighted by molar-refractivity contribution is -0.116. The summed E-state index contributed by atoms with van der Waals surface area (Å²) in [6.07, 6.45) is 2.86. The average Bonchev–Trinajstić information content (AvgIpc) is 2.47. The number of carbonyl (C=O) groups excluding carboxylic acids is 2. The summed E-state index contributed by atoms with van der Waals surface area (Å²) in [5.74, 6) is -0.833. The van der Waals surface area contributed by atoms with Crippen molar-refractivity contribution in [3.63, 3.8) is 0 Å². The quantitative estimate of drug-likeness (QED) is 0.806. The maximum absolute atomic E-state index is 11.3. The molecule has 2 amide bonds. The Kier molecular flexibility index (Phi) is 3.49. The van der Waals surface area contributed by atoms with E-state index in [2.05, 4.69) is 5.32 Å². The minimum absolute atomic E-state index is 0.0768. The maximum atomic E-state index is 11.3. The monoisotopic (exact) mass is 208 g/mol. The van der Waals surface area contributed by atoms with Gasteiger partial charge >= 0.3 is 0 Å². The van der Waals surface area contributed by atoms with Gasteiger partial charge in [-0.15, -0.1) is 0 Å². The van der Waals surface area contributed by atoms with E-state index < -0.39 is 5.91 Å². The third-order valence-electron chi connectivity index (χ3n) is 2.00. The Labute approximate surface area is 88.3 Å². The molecule has 1 heterocycles. The normalized spacial score (nSPS) is 10.0. The first-order chi connectivity index (χ1) is 7.04. The summed E-state index contributed by atoms with van der Waals surface area (Å²) in [5, 5.41) is 2.66. The third-order valence-corrected chi connectivity index (χ3v) is 2.00. The number of rotatable bonds is 4. The molecule has 0 aliphatic carbocycles. The highest BCUT2D eigenvalue weighted by atomic mass is 16.2. The molecule has 1 aromatic rings. The molecule has 0 aliphatic rings. The Bertz CT molecular complexity index is 382. The van der Waals surface area contributed by atoms with Crippen LogP contribution in [0.2, 0.25) is 0 Å². The van der Waals surface area contributed by atoms with Crippen molar-refractivity contribution >= 4 is 17.5 Å². The van der Waals surface area contributed by atoms with Crippen molar-refractivity contribution in [3.05, 3.63) is 18.0 Å². The van der Waals surface area contributed by atoms with Crippen molar-refractivity contribution in [1.29, 1.82) is 0 Å². The summed E-state index contributed by atoms with van der Waals surface area (Å²) in [7, 11) is 1.66.